The fourth-order valence-corrected chi connectivity index (χ4v) is 1.93. The lowest BCUT2D eigenvalue weighted by Crippen LogP contribution is -2.06. The van der Waals surface area contributed by atoms with Crippen molar-refractivity contribution in [3.8, 4) is 11.6 Å². The second kappa shape index (κ2) is 6.99. The zero-order valence-electron chi connectivity index (χ0n) is 11.6. The van der Waals surface area contributed by atoms with E-state index in [2.05, 4.69) is 4.98 Å². The van der Waals surface area contributed by atoms with Crippen LogP contribution < -0.4 is 15.2 Å². The maximum absolute atomic E-state index is 13.9. The molecule has 2 rings (SSSR count). The molecule has 0 atom stereocenters. The number of halogens is 2. The van der Waals surface area contributed by atoms with Gasteiger partial charge in [-0.05, 0) is 42.8 Å². The monoisotopic (exact) mass is 294 g/mol. The highest BCUT2D eigenvalue weighted by atomic mass is 19.1. The summed E-state index contributed by atoms with van der Waals surface area (Å²) in [5.74, 6) is -1.55. The molecule has 0 spiro atoms. The normalized spacial score (nSPS) is 10.5. The minimum Gasteiger partial charge on any atom is -0.483 e. The van der Waals surface area contributed by atoms with Crippen LogP contribution in [0.2, 0.25) is 0 Å². The van der Waals surface area contributed by atoms with Gasteiger partial charge < -0.3 is 15.2 Å². The third kappa shape index (κ3) is 3.66. The second-order valence-corrected chi connectivity index (χ2v) is 4.39. The van der Waals surface area contributed by atoms with Crippen LogP contribution in [0, 0.1) is 11.6 Å². The van der Waals surface area contributed by atoms with Gasteiger partial charge in [-0.1, -0.05) is 0 Å². The molecule has 1 aromatic carbocycles. The van der Waals surface area contributed by atoms with Crippen molar-refractivity contribution >= 4 is 0 Å². The van der Waals surface area contributed by atoms with Gasteiger partial charge in [0.15, 0.2) is 17.4 Å². The molecule has 6 heteroatoms. The van der Waals surface area contributed by atoms with Crippen LogP contribution in [-0.2, 0) is 13.0 Å². The molecule has 112 valence electrons. The Morgan fingerprint density at radius 2 is 1.95 bits per heavy atom. The summed E-state index contributed by atoms with van der Waals surface area (Å²) < 4.78 is 38.0. The van der Waals surface area contributed by atoms with E-state index in [1.165, 1.54) is 19.2 Å². The summed E-state index contributed by atoms with van der Waals surface area (Å²) >= 11 is 0. The summed E-state index contributed by atoms with van der Waals surface area (Å²) in [6, 6.07) is 5.86. The smallest absolute Gasteiger partial charge is 0.219 e. The zero-order chi connectivity index (χ0) is 15.2. The quantitative estimate of drug-likeness (QED) is 0.889. The predicted molar refractivity (Wildman–Crippen MR) is 74.2 cm³/mol. The lowest BCUT2D eigenvalue weighted by atomic mass is 10.1. The molecule has 21 heavy (non-hydrogen) atoms. The van der Waals surface area contributed by atoms with Crippen LogP contribution in [0.5, 0.6) is 11.6 Å². The SMILES string of the molecule is COc1ncccc1COc1c(F)cc(CCN)cc1F. The van der Waals surface area contributed by atoms with Gasteiger partial charge in [0.1, 0.15) is 6.61 Å². The molecule has 0 unspecified atom stereocenters. The first kappa shape index (κ1) is 15.2. The number of rotatable bonds is 6. The Labute approximate surface area is 121 Å². The fraction of sp³-hybridized carbons (Fsp3) is 0.267. The summed E-state index contributed by atoms with van der Waals surface area (Å²) in [6.45, 7) is 0.285. The van der Waals surface area contributed by atoms with Gasteiger partial charge in [0.2, 0.25) is 5.88 Å². The van der Waals surface area contributed by atoms with E-state index in [-0.39, 0.29) is 6.61 Å². The molecule has 0 aliphatic carbocycles. The first-order valence-electron chi connectivity index (χ1n) is 6.44. The van der Waals surface area contributed by atoms with E-state index in [0.717, 1.165) is 0 Å². The molecule has 0 amide bonds. The van der Waals surface area contributed by atoms with Crippen LogP contribution in [0.15, 0.2) is 30.5 Å². The molecule has 1 aromatic heterocycles. The van der Waals surface area contributed by atoms with Crippen molar-refractivity contribution < 1.29 is 18.3 Å². The molecule has 4 nitrogen and oxygen atoms in total. The number of ether oxygens (including phenoxy) is 2. The van der Waals surface area contributed by atoms with Crippen LogP contribution >= 0.6 is 0 Å². The van der Waals surface area contributed by atoms with Crippen molar-refractivity contribution in [2.45, 2.75) is 13.0 Å². The third-order valence-corrected chi connectivity index (χ3v) is 2.91. The number of nitrogens with zero attached hydrogens (tertiary/aromatic N) is 1. The average Bonchev–Trinajstić information content (AvgIpc) is 2.47. The van der Waals surface area contributed by atoms with Gasteiger partial charge in [0.25, 0.3) is 0 Å². The number of aromatic nitrogens is 1. The van der Waals surface area contributed by atoms with Crippen LogP contribution in [0.25, 0.3) is 0 Å². The van der Waals surface area contributed by atoms with E-state index >= 15 is 0 Å². The molecule has 1 heterocycles. The second-order valence-electron chi connectivity index (χ2n) is 4.39. The minimum atomic E-state index is -0.749. The van der Waals surface area contributed by atoms with E-state index in [1.54, 1.807) is 18.3 Å². The lowest BCUT2D eigenvalue weighted by Gasteiger charge is -2.11. The van der Waals surface area contributed by atoms with Gasteiger partial charge in [-0.15, -0.1) is 0 Å². The highest BCUT2D eigenvalue weighted by Crippen LogP contribution is 2.25. The standard InChI is InChI=1S/C15H16F2N2O2/c1-20-15-11(3-2-6-19-15)9-21-14-12(16)7-10(4-5-18)8-13(14)17/h2-3,6-8H,4-5,9,18H2,1H3. The number of pyridine rings is 1. The van der Waals surface area contributed by atoms with Crippen molar-refractivity contribution in [1.82, 2.24) is 4.98 Å². The number of methoxy groups -OCH3 is 1. The summed E-state index contributed by atoms with van der Waals surface area (Å²) in [7, 11) is 1.47. The number of hydrogen-bond donors (Lipinski definition) is 1. The third-order valence-electron chi connectivity index (χ3n) is 2.91. The highest BCUT2D eigenvalue weighted by molar-refractivity contribution is 5.32. The van der Waals surface area contributed by atoms with E-state index < -0.39 is 17.4 Å². The minimum absolute atomic E-state index is 0.0406. The van der Waals surface area contributed by atoms with Crippen molar-refractivity contribution in [2.24, 2.45) is 5.73 Å². The van der Waals surface area contributed by atoms with Crippen LogP contribution in [0.4, 0.5) is 8.78 Å². The van der Waals surface area contributed by atoms with Crippen LogP contribution in [0.1, 0.15) is 11.1 Å². The average molecular weight is 294 g/mol. The van der Waals surface area contributed by atoms with Crippen molar-refractivity contribution in [3.63, 3.8) is 0 Å². The molecule has 0 bridgehead atoms. The Morgan fingerprint density at radius 3 is 2.57 bits per heavy atom. The molecule has 0 aliphatic rings. The van der Waals surface area contributed by atoms with E-state index in [0.29, 0.717) is 30.0 Å². The fourth-order valence-electron chi connectivity index (χ4n) is 1.93. The van der Waals surface area contributed by atoms with E-state index in [9.17, 15) is 8.78 Å². The molecule has 0 aliphatic heterocycles. The van der Waals surface area contributed by atoms with E-state index in [1.807, 2.05) is 0 Å². The molecule has 0 saturated carbocycles. The molecule has 0 saturated heterocycles. The highest BCUT2D eigenvalue weighted by Gasteiger charge is 2.14. The summed E-state index contributed by atoms with van der Waals surface area (Å²) in [4.78, 5) is 3.99. The molecule has 0 radical (unpaired) electrons. The maximum Gasteiger partial charge on any atom is 0.219 e. The van der Waals surface area contributed by atoms with Crippen molar-refractivity contribution in [1.29, 1.82) is 0 Å². The largest absolute Gasteiger partial charge is 0.483 e. The molecule has 2 N–H and O–H groups in total. The van der Waals surface area contributed by atoms with Gasteiger partial charge in [0.05, 0.1) is 12.7 Å². The summed E-state index contributed by atoms with van der Waals surface area (Å²) in [6.07, 6.45) is 1.97. The Bertz CT molecular complexity index is 597. The first-order valence-corrected chi connectivity index (χ1v) is 6.44. The van der Waals surface area contributed by atoms with E-state index in [4.69, 9.17) is 15.2 Å². The van der Waals surface area contributed by atoms with Gasteiger partial charge in [-0.3, -0.25) is 0 Å². The Hall–Kier alpha value is -2.21. The predicted octanol–water partition coefficient (Wildman–Crippen LogP) is 2.45. The molecule has 2 aromatic rings. The number of nitrogens with two attached hydrogens (primary N) is 1. The number of hydrogen-bond acceptors (Lipinski definition) is 4. The van der Waals surface area contributed by atoms with Crippen LogP contribution in [-0.4, -0.2) is 18.6 Å². The van der Waals surface area contributed by atoms with Gasteiger partial charge in [-0.2, -0.15) is 0 Å². The summed E-state index contributed by atoms with van der Waals surface area (Å²) in [5.41, 5.74) is 6.47. The van der Waals surface area contributed by atoms with Gasteiger partial charge in [0, 0.05) is 6.20 Å². The Balaban J connectivity index is 2.16. The summed E-state index contributed by atoms with van der Waals surface area (Å²) in [5, 5.41) is 0. The Kier molecular flexibility index (Phi) is 5.05. The Morgan fingerprint density at radius 1 is 1.24 bits per heavy atom. The maximum atomic E-state index is 13.9. The zero-order valence-corrected chi connectivity index (χ0v) is 11.6. The topological polar surface area (TPSA) is 57.4 Å². The lowest BCUT2D eigenvalue weighted by molar-refractivity contribution is 0.266. The van der Waals surface area contributed by atoms with Gasteiger partial charge >= 0.3 is 0 Å². The van der Waals surface area contributed by atoms with Crippen molar-refractivity contribution in [2.75, 3.05) is 13.7 Å². The van der Waals surface area contributed by atoms with Gasteiger partial charge in [-0.25, -0.2) is 13.8 Å². The molecular formula is C15H16F2N2O2. The van der Waals surface area contributed by atoms with Crippen LogP contribution in [0.3, 0.4) is 0 Å². The molecule has 0 fully saturated rings. The molecular weight excluding hydrogens is 278 g/mol. The van der Waals surface area contributed by atoms with Crippen molar-refractivity contribution in [3.05, 3.63) is 53.2 Å². The number of benzene rings is 1. The first-order chi connectivity index (χ1) is 10.2.